The van der Waals surface area contributed by atoms with E-state index in [9.17, 15) is 4.79 Å². The summed E-state index contributed by atoms with van der Waals surface area (Å²) in [4.78, 5) is 15.0. The minimum atomic E-state index is 0. The van der Waals surface area contributed by atoms with Gasteiger partial charge in [0.25, 0.3) is 5.91 Å². The van der Waals surface area contributed by atoms with Gasteiger partial charge in [-0.3, -0.25) is 4.79 Å². The summed E-state index contributed by atoms with van der Waals surface area (Å²) >= 11 is 0. The highest BCUT2D eigenvalue weighted by molar-refractivity contribution is 5.95. The van der Waals surface area contributed by atoms with Crippen LogP contribution in [-0.4, -0.2) is 43.2 Å². The molecule has 4 rings (SSSR count). The van der Waals surface area contributed by atoms with E-state index in [1.54, 1.807) is 0 Å². The van der Waals surface area contributed by atoms with Crippen molar-refractivity contribution in [1.29, 1.82) is 0 Å². The minimum absolute atomic E-state index is 0. The Balaban J connectivity index is 0.00000144. The van der Waals surface area contributed by atoms with Gasteiger partial charge in [-0.2, -0.15) is 0 Å². The number of fused-ring (bicyclic) bond motifs is 1. The summed E-state index contributed by atoms with van der Waals surface area (Å²) in [5, 5.41) is 3.35. The Kier molecular flexibility index (Phi) is 4.59. The molecule has 2 heterocycles. The van der Waals surface area contributed by atoms with Gasteiger partial charge >= 0.3 is 0 Å². The summed E-state index contributed by atoms with van der Waals surface area (Å²) in [6.45, 7) is 3.50. The van der Waals surface area contributed by atoms with E-state index < -0.39 is 0 Å². The van der Waals surface area contributed by atoms with Crippen LogP contribution in [0.2, 0.25) is 0 Å². The number of hydrogen-bond acceptors (Lipinski definition) is 3. The van der Waals surface area contributed by atoms with Crippen LogP contribution in [0.15, 0.2) is 18.2 Å². The van der Waals surface area contributed by atoms with Gasteiger partial charge in [-0.15, -0.1) is 12.4 Å². The average Bonchev–Trinajstić information content (AvgIpc) is 3.02. The maximum atomic E-state index is 12.9. The van der Waals surface area contributed by atoms with Crippen LogP contribution in [0.25, 0.3) is 0 Å². The standard InChI is InChI=1S/C17H22N2O2.ClH/c20-17(14-1-4-16-13(9-14)5-7-18-16)19(15-2-3-15)10-12-6-8-21-11-12;/h1,4,9,12,15,18H,2-3,5-8,10-11H2;1H. The number of halogens is 1. The topological polar surface area (TPSA) is 41.6 Å². The largest absolute Gasteiger partial charge is 0.384 e. The fourth-order valence-corrected chi connectivity index (χ4v) is 3.39. The van der Waals surface area contributed by atoms with Gasteiger partial charge < -0.3 is 15.0 Å². The smallest absolute Gasteiger partial charge is 0.254 e. The zero-order valence-electron chi connectivity index (χ0n) is 12.7. The molecule has 0 spiro atoms. The summed E-state index contributed by atoms with van der Waals surface area (Å²) < 4.78 is 5.46. The Morgan fingerprint density at radius 3 is 2.91 bits per heavy atom. The van der Waals surface area contributed by atoms with Crippen LogP contribution < -0.4 is 5.32 Å². The van der Waals surface area contributed by atoms with Crippen molar-refractivity contribution in [2.24, 2.45) is 5.92 Å². The van der Waals surface area contributed by atoms with Crippen molar-refractivity contribution in [3.63, 3.8) is 0 Å². The van der Waals surface area contributed by atoms with Crippen LogP contribution in [0.5, 0.6) is 0 Å². The summed E-state index contributed by atoms with van der Waals surface area (Å²) in [6, 6.07) is 6.57. The Morgan fingerprint density at radius 2 is 2.18 bits per heavy atom. The quantitative estimate of drug-likeness (QED) is 0.926. The lowest BCUT2D eigenvalue weighted by Crippen LogP contribution is -2.37. The van der Waals surface area contributed by atoms with Gasteiger partial charge in [-0.1, -0.05) is 0 Å². The first kappa shape index (κ1) is 15.6. The lowest BCUT2D eigenvalue weighted by molar-refractivity contribution is 0.0706. The summed E-state index contributed by atoms with van der Waals surface area (Å²) in [5.74, 6) is 0.727. The van der Waals surface area contributed by atoms with E-state index in [0.29, 0.717) is 12.0 Å². The lowest BCUT2D eigenvalue weighted by Gasteiger charge is -2.25. The predicted molar refractivity (Wildman–Crippen MR) is 88.9 cm³/mol. The van der Waals surface area contributed by atoms with E-state index in [0.717, 1.165) is 57.6 Å². The maximum Gasteiger partial charge on any atom is 0.254 e. The number of rotatable bonds is 4. The van der Waals surface area contributed by atoms with Gasteiger partial charge in [0.1, 0.15) is 0 Å². The van der Waals surface area contributed by atoms with E-state index in [1.807, 2.05) is 6.07 Å². The Labute approximate surface area is 137 Å². The zero-order valence-corrected chi connectivity index (χ0v) is 13.5. The van der Waals surface area contributed by atoms with E-state index in [-0.39, 0.29) is 18.3 Å². The van der Waals surface area contributed by atoms with Gasteiger partial charge in [0.2, 0.25) is 0 Å². The SMILES string of the molecule is Cl.O=C(c1ccc2c(c1)CCN2)N(CC1CCOC1)C1CC1. The van der Waals surface area contributed by atoms with E-state index in [4.69, 9.17) is 4.74 Å². The Morgan fingerprint density at radius 1 is 1.32 bits per heavy atom. The number of hydrogen-bond donors (Lipinski definition) is 1. The minimum Gasteiger partial charge on any atom is -0.384 e. The predicted octanol–water partition coefficient (Wildman–Crippen LogP) is 2.72. The molecule has 1 saturated heterocycles. The molecule has 2 aliphatic heterocycles. The third kappa shape index (κ3) is 3.08. The molecule has 3 aliphatic rings. The fraction of sp³-hybridized carbons (Fsp3) is 0.588. The normalized spacial score (nSPS) is 22.6. The molecule has 1 unspecified atom stereocenters. The number of anilines is 1. The third-order valence-electron chi connectivity index (χ3n) is 4.79. The van der Waals surface area contributed by atoms with Crippen LogP contribution >= 0.6 is 12.4 Å². The van der Waals surface area contributed by atoms with Crippen LogP contribution in [-0.2, 0) is 11.2 Å². The third-order valence-corrected chi connectivity index (χ3v) is 4.79. The van der Waals surface area contributed by atoms with Gasteiger partial charge in [0.15, 0.2) is 0 Å². The maximum absolute atomic E-state index is 12.9. The van der Waals surface area contributed by atoms with Crippen molar-refractivity contribution >= 4 is 24.0 Å². The molecular formula is C17H23ClN2O2. The molecule has 1 aliphatic carbocycles. The molecule has 0 radical (unpaired) electrons. The molecule has 120 valence electrons. The molecule has 5 heteroatoms. The van der Waals surface area contributed by atoms with Crippen molar-refractivity contribution in [2.75, 3.05) is 31.6 Å². The van der Waals surface area contributed by atoms with Crippen molar-refractivity contribution in [1.82, 2.24) is 4.90 Å². The molecule has 1 amide bonds. The zero-order chi connectivity index (χ0) is 14.2. The molecule has 22 heavy (non-hydrogen) atoms. The van der Waals surface area contributed by atoms with Gasteiger partial charge in [-0.25, -0.2) is 0 Å². The Hall–Kier alpha value is -1.26. The number of ether oxygens (including phenoxy) is 1. The van der Waals surface area contributed by atoms with Gasteiger partial charge in [0.05, 0.1) is 6.61 Å². The molecule has 2 fully saturated rings. The van der Waals surface area contributed by atoms with Crippen molar-refractivity contribution < 1.29 is 9.53 Å². The molecule has 1 atom stereocenters. The van der Waals surface area contributed by atoms with E-state index in [1.165, 1.54) is 11.3 Å². The second kappa shape index (κ2) is 6.47. The van der Waals surface area contributed by atoms with Crippen molar-refractivity contribution in [3.8, 4) is 0 Å². The first-order valence-corrected chi connectivity index (χ1v) is 8.07. The molecule has 1 aromatic carbocycles. The number of nitrogens with one attached hydrogen (secondary N) is 1. The second-order valence-electron chi connectivity index (χ2n) is 6.47. The number of nitrogens with zero attached hydrogens (tertiary/aromatic N) is 1. The van der Waals surface area contributed by atoms with Crippen molar-refractivity contribution in [2.45, 2.75) is 31.7 Å². The summed E-state index contributed by atoms with van der Waals surface area (Å²) in [6.07, 6.45) is 4.43. The highest BCUT2D eigenvalue weighted by Gasteiger charge is 2.35. The van der Waals surface area contributed by atoms with Crippen LogP contribution in [0.1, 0.15) is 35.2 Å². The first-order chi connectivity index (χ1) is 10.3. The van der Waals surface area contributed by atoms with E-state index in [2.05, 4.69) is 22.3 Å². The molecule has 1 N–H and O–H groups in total. The first-order valence-electron chi connectivity index (χ1n) is 8.07. The van der Waals surface area contributed by atoms with Crippen LogP contribution in [0.4, 0.5) is 5.69 Å². The molecule has 1 saturated carbocycles. The highest BCUT2D eigenvalue weighted by Crippen LogP contribution is 2.31. The number of carbonyl (C=O) groups is 1. The monoisotopic (exact) mass is 322 g/mol. The number of amides is 1. The fourth-order valence-electron chi connectivity index (χ4n) is 3.39. The molecular weight excluding hydrogens is 300 g/mol. The molecule has 1 aromatic rings. The van der Waals surface area contributed by atoms with Crippen molar-refractivity contribution in [3.05, 3.63) is 29.3 Å². The van der Waals surface area contributed by atoms with Crippen LogP contribution in [0, 0.1) is 5.92 Å². The number of carbonyl (C=O) groups excluding carboxylic acids is 1. The number of benzene rings is 1. The average molecular weight is 323 g/mol. The molecule has 4 nitrogen and oxygen atoms in total. The summed E-state index contributed by atoms with van der Waals surface area (Å²) in [5.41, 5.74) is 3.32. The second-order valence-corrected chi connectivity index (χ2v) is 6.47. The summed E-state index contributed by atoms with van der Waals surface area (Å²) in [7, 11) is 0. The molecule has 0 bridgehead atoms. The van der Waals surface area contributed by atoms with Gasteiger partial charge in [-0.05, 0) is 49.4 Å². The molecule has 0 aromatic heterocycles. The highest BCUT2D eigenvalue weighted by atomic mass is 35.5. The van der Waals surface area contributed by atoms with E-state index >= 15 is 0 Å². The Bertz CT molecular complexity index is 554. The lowest BCUT2D eigenvalue weighted by atomic mass is 10.1. The van der Waals surface area contributed by atoms with Crippen LogP contribution in [0.3, 0.4) is 0 Å². The van der Waals surface area contributed by atoms with Gasteiger partial charge in [0, 0.05) is 42.9 Å².